The van der Waals surface area contributed by atoms with Crippen molar-refractivity contribution < 1.29 is 4.79 Å². The second-order valence-electron chi connectivity index (χ2n) is 5.70. The van der Waals surface area contributed by atoms with E-state index in [2.05, 4.69) is 18.3 Å². The number of hydrogen-bond acceptors (Lipinski definition) is 2. The van der Waals surface area contributed by atoms with Gasteiger partial charge in [-0.05, 0) is 42.7 Å². The third-order valence-electron chi connectivity index (χ3n) is 4.08. The molecule has 0 radical (unpaired) electrons. The summed E-state index contributed by atoms with van der Waals surface area (Å²) in [5.41, 5.74) is 7.85. The van der Waals surface area contributed by atoms with E-state index in [9.17, 15) is 4.79 Å². The lowest BCUT2D eigenvalue weighted by molar-refractivity contribution is -0.126. The fourth-order valence-electron chi connectivity index (χ4n) is 2.72. The molecule has 1 aromatic carbocycles. The van der Waals surface area contributed by atoms with Crippen molar-refractivity contribution >= 4 is 5.91 Å². The molecule has 1 aromatic rings. The molecule has 1 aliphatic rings. The predicted molar refractivity (Wildman–Crippen MR) is 77.3 cm³/mol. The number of amides is 1. The van der Waals surface area contributed by atoms with E-state index >= 15 is 0 Å². The Kier molecular flexibility index (Phi) is 4.97. The van der Waals surface area contributed by atoms with Gasteiger partial charge in [0.15, 0.2) is 0 Å². The van der Waals surface area contributed by atoms with Crippen molar-refractivity contribution in [2.24, 2.45) is 17.6 Å². The normalized spacial score (nSPS) is 23.1. The Bertz CT molecular complexity index is 423. The van der Waals surface area contributed by atoms with E-state index in [0.29, 0.717) is 13.1 Å². The minimum atomic E-state index is 0.213. The first-order chi connectivity index (χ1) is 9.19. The van der Waals surface area contributed by atoms with Gasteiger partial charge in [0.25, 0.3) is 0 Å². The van der Waals surface area contributed by atoms with Gasteiger partial charge < -0.3 is 11.1 Å². The van der Waals surface area contributed by atoms with Gasteiger partial charge in [0.2, 0.25) is 5.91 Å². The Morgan fingerprint density at radius 3 is 2.63 bits per heavy atom. The van der Waals surface area contributed by atoms with Crippen molar-refractivity contribution in [2.45, 2.75) is 45.7 Å². The Morgan fingerprint density at radius 1 is 1.26 bits per heavy atom. The van der Waals surface area contributed by atoms with Crippen molar-refractivity contribution in [3.8, 4) is 0 Å². The molecular weight excluding hydrogens is 236 g/mol. The molecule has 104 valence electrons. The van der Waals surface area contributed by atoms with Crippen molar-refractivity contribution in [3.63, 3.8) is 0 Å². The average molecular weight is 260 g/mol. The maximum atomic E-state index is 12.1. The molecule has 3 nitrogen and oxygen atoms in total. The van der Waals surface area contributed by atoms with Crippen LogP contribution in [0.2, 0.25) is 0 Å². The monoisotopic (exact) mass is 260 g/mol. The zero-order valence-corrected chi connectivity index (χ0v) is 11.7. The summed E-state index contributed by atoms with van der Waals surface area (Å²) in [6, 6.07) is 8.09. The topological polar surface area (TPSA) is 55.1 Å². The number of nitrogens with two attached hydrogens (primary N) is 1. The van der Waals surface area contributed by atoms with Gasteiger partial charge in [0.1, 0.15) is 0 Å². The molecule has 1 saturated carbocycles. The number of hydrogen-bond donors (Lipinski definition) is 2. The van der Waals surface area contributed by atoms with Crippen LogP contribution in [0.3, 0.4) is 0 Å². The SMILES string of the molecule is CC1CCC(C(=O)NCc2cccc(CN)c2)CC1. The number of carbonyl (C=O) groups is 1. The summed E-state index contributed by atoms with van der Waals surface area (Å²) in [6.45, 7) is 3.42. The molecule has 0 heterocycles. The maximum absolute atomic E-state index is 12.1. The largest absolute Gasteiger partial charge is 0.352 e. The summed E-state index contributed by atoms with van der Waals surface area (Å²) >= 11 is 0. The van der Waals surface area contributed by atoms with Gasteiger partial charge in [-0.1, -0.05) is 31.2 Å². The Morgan fingerprint density at radius 2 is 1.95 bits per heavy atom. The third-order valence-corrected chi connectivity index (χ3v) is 4.08. The Hall–Kier alpha value is -1.35. The van der Waals surface area contributed by atoms with Crippen LogP contribution in [0.5, 0.6) is 0 Å². The van der Waals surface area contributed by atoms with Crippen LogP contribution in [0.1, 0.15) is 43.7 Å². The fraction of sp³-hybridized carbons (Fsp3) is 0.562. The van der Waals surface area contributed by atoms with Crippen LogP contribution in [0.4, 0.5) is 0 Å². The molecule has 1 amide bonds. The van der Waals surface area contributed by atoms with Crippen LogP contribution in [0.25, 0.3) is 0 Å². The van der Waals surface area contributed by atoms with Crippen LogP contribution in [0, 0.1) is 11.8 Å². The first-order valence-electron chi connectivity index (χ1n) is 7.24. The minimum Gasteiger partial charge on any atom is -0.352 e. The lowest BCUT2D eigenvalue weighted by Gasteiger charge is -2.25. The van der Waals surface area contributed by atoms with E-state index in [-0.39, 0.29) is 11.8 Å². The standard InChI is InChI=1S/C16H24N2O/c1-12-5-7-15(8-6-12)16(19)18-11-14-4-2-3-13(9-14)10-17/h2-4,9,12,15H,5-8,10-11,17H2,1H3,(H,18,19). The van der Waals surface area contributed by atoms with Crippen LogP contribution in [-0.4, -0.2) is 5.91 Å². The molecule has 0 aromatic heterocycles. The number of nitrogens with one attached hydrogen (secondary N) is 1. The zero-order chi connectivity index (χ0) is 13.7. The number of rotatable bonds is 4. The molecule has 0 spiro atoms. The van der Waals surface area contributed by atoms with Crippen molar-refractivity contribution in [1.29, 1.82) is 0 Å². The van der Waals surface area contributed by atoms with Crippen LogP contribution >= 0.6 is 0 Å². The molecule has 3 heteroatoms. The van der Waals surface area contributed by atoms with E-state index < -0.39 is 0 Å². The van der Waals surface area contributed by atoms with Crippen LogP contribution in [-0.2, 0) is 17.9 Å². The summed E-state index contributed by atoms with van der Waals surface area (Å²) in [7, 11) is 0. The summed E-state index contributed by atoms with van der Waals surface area (Å²) in [4.78, 5) is 12.1. The van der Waals surface area contributed by atoms with Crippen molar-refractivity contribution in [1.82, 2.24) is 5.32 Å². The van der Waals surface area contributed by atoms with Gasteiger partial charge in [0, 0.05) is 19.0 Å². The molecule has 3 N–H and O–H groups in total. The summed E-state index contributed by atoms with van der Waals surface area (Å²) < 4.78 is 0. The van der Waals surface area contributed by atoms with Gasteiger partial charge >= 0.3 is 0 Å². The number of benzene rings is 1. The van der Waals surface area contributed by atoms with E-state index in [1.807, 2.05) is 18.2 Å². The van der Waals surface area contributed by atoms with Gasteiger partial charge in [-0.2, -0.15) is 0 Å². The Labute approximate surface area is 115 Å². The highest BCUT2D eigenvalue weighted by Gasteiger charge is 2.23. The summed E-state index contributed by atoms with van der Waals surface area (Å²) in [5.74, 6) is 1.21. The van der Waals surface area contributed by atoms with Gasteiger partial charge in [-0.3, -0.25) is 4.79 Å². The minimum absolute atomic E-state index is 0.213. The third kappa shape index (κ3) is 4.06. The fourth-order valence-corrected chi connectivity index (χ4v) is 2.72. The van der Waals surface area contributed by atoms with Gasteiger partial charge in [0.05, 0.1) is 0 Å². The average Bonchev–Trinajstić information content (AvgIpc) is 2.46. The highest BCUT2D eigenvalue weighted by atomic mass is 16.1. The molecule has 1 fully saturated rings. The van der Waals surface area contributed by atoms with Crippen molar-refractivity contribution in [3.05, 3.63) is 35.4 Å². The summed E-state index contributed by atoms with van der Waals surface area (Å²) in [6.07, 6.45) is 4.44. The lowest BCUT2D eigenvalue weighted by Crippen LogP contribution is -2.32. The molecule has 2 rings (SSSR count). The molecule has 0 atom stereocenters. The molecule has 1 aliphatic carbocycles. The van der Waals surface area contributed by atoms with E-state index in [1.165, 1.54) is 12.8 Å². The van der Waals surface area contributed by atoms with Crippen LogP contribution in [0.15, 0.2) is 24.3 Å². The first kappa shape index (κ1) is 14.1. The lowest BCUT2D eigenvalue weighted by atomic mass is 9.82. The predicted octanol–water partition coefficient (Wildman–Crippen LogP) is 2.59. The maximum Gasteiger partial charge on any atom is 0.223 e. The molecule has 19 heavy (non-hydrogen) atoms. The number of carbonyl (C=O) groups excluding carboxylic acids is 1. The molecule has 0 saturated heterocycles. The van der Waals surface area contributed by atoms with Gasteiger partial charge in [-0.15, -0.1) is 0 Å². The summed E-state index contributed by atoms with van der Waals surface area (Å²) in [5, 5.41) is 3.06. The van der Waals surface area contributed by atoms with E-state index in [1.54, 1.807) is 0 Å². The zero-order valence-electron chi connectivity index (χ0n) is 11.7. The Balaban J connectivity index is 1.82. The van der Waals surface area contributed by atoms with Crippen molar-refractivity contribution in [2.75, 3.05) is 0 Å². The van der Waals surface area contributed by atoms with Gasteiger partial charge in [-0.25, -0.2) is 0 Å². The molecule has 0 unspecified atom stereocenters. The molecule has 0 bridgehead atoms. The smallest absolute Gasteiger partial charge is 0.223 e. The second-order valence-corrected chi connectivity index (χ2v) is 5.70. The van der Waals surface area contributed by atoms with Crippen LogP contribution < -0.4 is 11.1 Å². The van der Waals surface area contributed by atoms with E-state index in [4.69, 9.17) is 5.73 Å². The quantitative estimate of drug-likeness (QED) is 0.874. The first-order valence-corrected chi connectivity index (χ1v) is 7.24. The highest BCUT2D eigenvalue weighted by molar-refractivity contribution is 5.78. The molecule has 0 aliphatic heterocycles. The molecular formula is C16H24N2O. The highest BCUT2D eigenvalue weighted by Crippen LogP contribution is 2.28. The second kappa shape index (κ2) is 6.71. The van der Waals surface area contributed by atoms with E-state index in [0.717, 1.165) is 29.9 Å².